The molecule has 1 heterocycles. The molecule has 1 aliphatic heterocycles. The number of piperazine rings is 1. The van der Waals surface area contributed by atoms with Crippen molar-refractivity contribution in [2.24, 2.45) is 0 Å². The highest BCUT2D eigenvalue weighted by Gasteiger charge is 2.28. The molecule has 14 heavy (non-hydrogen) atoms. The number of ketones is 1. The summed E-state index contributed by atoms with van der Waals surface area (Å²) in [6.45, 7) is 4.16. The van der Waals surface area contributed by atoms with Crippen molar-refractivity contribution < 1.29 is 9.59 Å². The number of Topliss-reactive ketones (excluding diaryl/α,β-unsaturated/α-hetero) is 1. The van der Waals surface area contributed by atoms with Gasteiger partial charge in [-0.15, -0.1) is 0 Å². The number of rotatable bonds is 4. The molecule has 0 saturated carbocycles. The lowest BCUT2D eigenvalue weighted by molar-refractivity contribution is -0.130. The van der Waals surface area contributed by atoms with Crippen LogP contribution in [-0.2, 0) is 9.59 Å². The molecule has 2 atom stereocenters. The van der Waals surface area contributed by atoms with Crippen LogP contribution >= 0.6 is 0 Å². The second kappa shape index (κ2) is 5.10. The Labute approximate surface area is 84.4 Å². The van der Waals surface area contributed by atoms with Crippen LogP contribution < -0.4 is 10.6 Å². The monoisotopic (exact) mass is 198 g/mol. The van der Waals surface area contributed by atoms with E-state index in [1.165, 1.54) is 6.92 Å². The van der Waals surface area contributed by atoms with E-state index in [1.807, 2.05) is 0 Å². The summed E-state index contributed by atoms with van der Waals surface area (Å²) in [4.78, 5) is 22.5. The minimum absolute atomic E-state index is 0.0137. The van der Waals surface area contributed by atoms with Crippen molar-refractivity contribution in [3.8, 4) is 0 Å². The van der Waals surface area contributed by atoms with Crippen molar-refractivity contribution in [1.82, 2.24) is 10.6 Å². The van der Waals surface area contributed by atoms with E-state index < -0.39 is 0 Å². The zero-order valence-corrected chi connectivity index (χ0v) is 8.80. The molecule has 0 bridgehead atoms. The van der Waals surface area contributed by atoms with Gasteiger partial charge in [-0.3, -0.25) is 9.59 Å². The molecule has 0 spiro atoms. The second-order valence-electron chi connectivity index (χ2n) is 3.77. The molecule has 1 amide bonds. The van der Waals surface area contributed by atoms with Crippen LogP contribution in [0.1, 0.15) is 33.1 Å². The Kier molecular flexibility index (Phi) is 4.07. The molecule has 0 radical (unpaired) electrons. The lowest BCUT2D eigenvalue weighted by Crippen LogP contribution is -2.60. The maximum atomic E-state index is 11.5. The van der Waals surface area contributed by atoms with Gasteiger partial charge >= 0.3 is 0 Å². The summed E-state index contributed by atoms with van der Waals surface area (Å²) in [6, 6.07) is -0.439. The van der Waals surface area contributed by atoms with Crippen molar-refractivity contribution in [1.29, 1.82) is 0 Å². The molecule has 1 rings (SSSR count). The summed E-state index contributed by atoms with van der Waals surface area (Å²) in [6.07, 6.45) is 2.98. The van der Waals surface area contributed by atoms with Gasteiger partial charge in [-0.2, -0.15) is 0 Å². The molecule has 1 aliphatic rings. The van der Waals surface area contributed by atoms with E-state index in [-0.39, 0.29) is 23.8 Å². The van der Waals surface area contributed by atoms with Crippen LogP contribution in [0.15, 0.2) is 0 Å². The zero-order chi connectivity index (χ0) is 10.6. The fourth-order valence-electron chi connectivity index (χ4n) is 1.56. The first-order chi connectivity index (χ1) is 6.65. The van der Waals surface area contributed by atoms with Crippen LogP contribution in [0.25, 0.3) is 0 Å². The molecule has 1 saturated heterocycles. The molecule has 0 aromatic carbocycles. The zero-order valence-electron chi connectivity index (χ0n) is 8.80. The first kappa shape index (κ1) is 11.2. The van der Waals surface area contributed by atoms with Crippen LogP contribution in [0.4, 0.5) is 0 Å². The van der Waals surface area contributed by atoms with Gasteiger partial charge in [0.15, 0.2) is 5.78 Å². The number of nitrogens with one attached hydrogen (secondary N) is 2. The van der Waals surface area contributed by atoms with Gasteiger partial charge in [0.05, 0.1) is 12.1 Å². The summed E-state index contributed by atoms with van der Waals surface area (Å²) in [5, 5.41) is 5.83. The average Bonchev–Trinajstić information content (AvgIpc) is 2.15. The fraction of sp³-hybridized carbons (Fsp3) is 0.800. The third-order valence-electron chi connectivity index (χ3n) is 2.54. The fourth-order valence-corrected chi connectivity index (χ4v) is 1.56. The van der Waals surface area contributed by atoms with Crippen LogP contribution in [0.5, 0.6) is 0 Å². The molecule has 80 valence electrons. The van der Waals surface area contributed by atoms with Crippen LogP contribution in [-0.4, -0.2) is 30.3 Å². The van der Waals surface area contributed by atoms with Gasteiger partial charge in [-0.1, -0.05) is 19.8 Å². The third-order valence-corrected chi connectivity index (χ3v) is 2.54. The van der Waals surface area contributed by atoms with Gasteiger partial charge in [-0.25, -0.2) is 0 Å². The van der Waals surface area contributed by atoms with Gasteiger partial charge < -0.3 is 10.6 Å². The molecule has 1 fully saturated rings. The standard InChI is InChI=1S/C10H18N2O2/c1-3-4-5-8-10(14)12-9(6-11-8)7(2)13/h8-9,11H,3-6H2,1-2H3,(H,12,14)/t8?,9-/m1/s1. The molecule has 1 unspecified atom stereocenters. The van der Waals surface area contributed by atoms with Crippen molar-refractivity contribution >= 4 is 11.7 Å². The van der Waals surface area contributed by atoms with Crippen LogP contribution in [0.2, 0.25) is 0 Å². The van der Waals surface area contributed by atoms with E-state index in [0.717, 1.165) is 19.3 Å². The predicted octanol–water partition coefficient (Wildman–Crippen LogP) is 0.222. The number of hydrogen-bond donors (Lipinski definition) is 2. The molecular formula is C10H18N2O2. The summed E-state index contributed by atoms with van der Waals surface area (Å²) >= 11 is 0. The summed E-state index contributed by atoms with van der Waals surface area (Å²) < 4.78 is 0. The first-order valence-electron chi connectivity index (χ1n) is 5.19. The van der Waals surface area contributed by atoms with Crippen molar-refractivity contribution in [3.63, 3.8) is 0 Å². The summed E-state index contributed by atoms with van der Waals surface area (Å²) in [7, 11) is 0. The van der Waals surface area contributed by atoms with Gasteiger partial charge in [-0.05, 0) is 13.3 Å². The van der Waals surface area contributed by atoms with Crippen LogP contribution in [0.3, 0.4) is 0 Å². The molecule has 4 nitrogen and oxygen atoms in total. The maximum Gasteiger partial charge on any atom is 0.237 e. The Morgan fingerprint density at radius 2 is 2.29 bits per heavy atom. The molecule has 2 N–H and O–H groups in total. The highest BCUT2D eigenvalue weighted by molar-refractivity contribution is 5.91. The third kappa shape index (κ3) is 2.80. The predicted molar refractivity (Wildman–Crippen MR) is 53.9 cm³/mol. The SMILES string of the molecule is CCCCC1NC[C@H](C(C)=O)NC1=O. The number of amides is 1. The van der Waals surface area contributed by atoms with E-state index >= 15 is 0 Å². The Balaban J connectivity index is 2.40. The van der Waals surface area contributed by atoms with E-state index in [0.29, 0.717) is 6.54 Å². The second-order valence-corrected chi connectivity index (χ2v) is 3.77. The number of carbonyl (C=O) groups is 2. The van der Waals surface area contributed by atoms with Gasteiger partial charge in [0.25, 0.3) is 0 Å². The summed E-state index contributed by atoms with van der Waals surface area (Å²) in [5.74, 6) is -0.0234. The van der Waals surface area contributed by atoms with E-state index in [1.54, 1.807) is 0 Å². The number of hydrogen-bond acceptors (Lipinski definition) is 3. The Morgan fingerprint density at radius 1 is 1.57 bits per heavy atom. The van der Waals surface area contributed by atoms with E-state index in [9.17, 15) is 9.59 Å². The smallest absolute Gasteiger partial charge is 0.237 e. The molecule has 0 aliphatic carbocycles. The molecule has 0 aromatic rings. The largest absolute Gasteiger partial charge is 0.344 e. The molecular weight excluding hydrogens is 180 g/mol. The molecule has 0 aromatic heterocycles. The first-order valence-corrected chi connectivity index (χ1v) is 5.19. The minimum Gasteiger partial charge on any atom is -0.344 e. The Morgan fingerprint density at radius 3 is 2.79 bits per heavy atom. The lowest BCUT2D eigenvalue weighted by Gasteiger charge is -2.28. The lowest BCUT2D eigenvalue weighted by atomic mass is 10.0. The van der Waals surface area contributed by atoms with Crippen molar-refractivity contribution in [2.45, 2.75) is 45.2 Å². The van der Waals surface area contributed by atoms with Crippen molar-refractivity contribution in [3.05, 3.63) is 0 Å². The Bertz CT molecular complexity index is 228. The van der Waals surface area contributed by atoms with Gasteiger partial charge in [0.2, 0.25) is 5.91 Å². The number of carbonyl (C=O) groups excluding carboxylic acids is 2. The number of unbranched alkanes of at least 4 members (excludes halogenated alkanes) is 1. The van der Waals surface area contributed by atoms with Gasteiger partial charge in [0, 0.05) is 6.54 Å². The quantitative estimate of drug-likeness (QED) is 0.679. The highest BCUT2D eigenvalue weighted by atomic mass is 16.2. The Hall–Kier alpha value is -0.900. The van der Waals surface area contributed by atoms with E-state index in [4.69, 9.17) is 0 Å². The highest BCUT2D eigenvalue weighted by Crippen LogP contribution is 2.05. The normalized spacial score (nSPS) is 27.1. The van der Waals surface area contributed by atoms with Crippen molar-refractivity contribution in [2.75, 3.05) is 6.54 Å². The minimum atomic E-state index is -0.333. The van der Waals surface area contributed by atoms with E-state index in [2.05, 4.69) is 17.6 Å². The van der Waals surface area contributed by atoms with Crippen LogP contribution in [0, 0.1) is 0 Å². The topological polar surface area (TPSA) is 58.2 Å². The summed E-state index contributed by atoms with van der Waals surface area (Å²) in [5.41, 5.74) is 0. The average molecular weight is 198 g/mol. The molecule has 4 heteroatoms. The maximum absolute atomic E-state index is 11.5. The van der Waals surface area contributed by atoms with Gasteiger partial charge in [0.1, 0.15) is 0 Å².